The highest BCUT2D eigenvalue weighted by atomic mass is 16.6. The van der Waals surface area contributed by atoms with Gasteiger partial charge in [-0.15, -0.1) is 0 Å². The lowest BCUT2D eigenvalue weighted by molar-refractivity contribution is -0.384. The van der Waals surface area contributed by atoms with Gasteiger partial charge in [-0.3, -0.25) is 14.9 Å². The molecule has 1 aromatic rings. The molecule has 4 heteroatoms. The molecule has 0 atom stereocenters. The zero-order valence-electron chi connectivity index (χ0n) is 9.21. The van der Waals surface area contributed by atoms with Gasteiger partial charge in [-0.25, -0.2) is 0 Å². The fourth-order valence-electron chi connectivity index (χ4n) is 1.26. The van der Waals surface area contributed by atoms with Crippen LogP contribution >= 0.6 is 0 Å². The van der Waals surface area contributed by atoms with Crippen LogP contribution in [-0.2, 0) is 4.79 Å². The van der Waals surface area contributed by atoms with Crippen molar-refractivity contribution in [3.8, 4) is 0 Å². The smallest absolute Gasteiger partial charge is 0.270 e. The Bertz CT molecular complexity index is 436. The average Bonchev–Trinajstić information content (AvgIpc) is 2.25. The minimum Gasteiger partial charge on any atom is -0.298 e. The summed E-state index contributed by atoms with van der Waals surface area (Å²) >= 11 is 0. The Kier molecular flexibility index (Phi) is 3.94. The van der Waals surface area contributed by atoms with Crippen molar-refractivity contribution in [1.82, 2.24) is 0 Å². The number of aldehydes is 1. The standard InChI is InChI=1S/C12H13NO3/c1-9(2)11(8-14)6-10-4-3-5-12(7-10)13(15)16/h3-9H,1-2H3. The molecular weight excluding hydrogens is 206 g/mol. The molecule has 0 heterocycles. The van der Waals surface area contributed by atoms with Crippen molar-refractivity contribution < 1.29 is 9.72 Å². The quantitative estimate of drug-likeness (QED) is 0.338. The van der Waals surface area contributed by atoms with E-state index in [-0.39, 0.29) is 11.6 Å². The van der Waals surface area contributed by atoms with Crippen molar-refractivity contribution in [3.05, 3.63) is 45.5 Å². The summed E-state index contributed by atoms with van der Waals surface area (Å²) in [6, 6.07) is 6.21. The predicted octanol–water partition coefficient (Wildman–Crippen LogP) is 2.83. The SMILES string of the molecule is CC(C)C(C=O)=Cc1cccc([N+](=O)[O-])c1. The van der Waals surface area contributed by atoms with Crippen molar-refractivity contribution in [3.63, 3.8) is 0 Å². The molecule has 0 unspecified atom stereocenters. The maximum absolute atomic E-state index is 10.8. The van der Waals surface area contributed by atoms with Gasteiger partial charge in [-0.2, -0.15) is 0 Å². The van der Waals surface area contributed by atoms with Gasteiger partial charge in [0.05, 0.1) is 4.92 Å². The molecule has 0 spiro atoms. The minimum atomic E-state index is -0.451. The van der Waals surface area contributed by atoms with Crippen LogP contribution in [0.2, 0.25) is 0 Å². The lowest BCUT2D eigenvalue weighted by atomic mass is 10.0. The highest BCUT2D eigenvalue weighted by molar-refractivity contribution is 5.82. The fourth-order valence-corrected chi connectivity index (χ4v) is 1.26. The van der Waals surface area contributed by atoms with Crippen molar-refractivity contribution >= 4 is 18.0 Å². The highest BCUT2D eigenvalue weighted by Gasteiger charge is 2.06. The number of hydrogen-bond donors (Lipinski definition) is 0. The number of nitro benzene ring substituents is 1. The van der Waals surface area contributed by atoms with E-state index in [1.54, 1.807) is 18.2 Å². The maximum Gasteiger partial charge on any atom is 0.270 e. The first-order chi connectivity index (χ1) is 7.54. The van der Waals surface area contributed by atoms with Crippen molar-refractivity contribution in [2.45, 2.75) is 13.8 Å². The molecule has 1 rings (SSSR count). The Morgan fingerprint density at radius 2 is 2.12 bits per heavy atom. The molecule has 0 bridgehead atoms. The highest BCUT2D eigenvalue weighted by Crippen LogP contribution is 2.17. The van der Waals surface area contributed by atoms with Crippen molar-refractivity contribution in [2.75, 3.05) is 0 Å². The third kappa shape index (κ3) is 3.02. The molecule has 0 amide bonds. The molecule has 0 aliphatic heterocycles. The van der Waals surface area contributed by atoms with E-state index in [1.807, 2.05) is 13.8 Å². The van der Waals surface area contributed by atoms with Gasteiger partial charge in [0.25, 0.3) is 5.69 Å². The first-order valence-electron chi connectivity index (χ1n) is 4.96. The fraction of sp³-hybridized carbons (Fsp3) is 0.250. The van der Waals surface area contributed by atoms with Gasteiger partial charge >= 0.3 is 0 Å². The van der Waals surface area contributed by atoms with Crippen LogP contribution < -0.4 is 0 Å². The van der Waals surface area contributed by atoms with E-state index in [2.05, 4.69) is 0 Å². The second-order valence-electron chi connectivity index (χ2n) is 3.77. The molecule has 84 valence electrons. The van der Waals surface area contributed by atoms with Crippen LogP contribution in [0.1, 0.15) is 19.4 Å². The molecule has 0 saturated carbocycles. The molecule has 4 nitrogen and oxygen atoms in total. The number of allylic oxidation sites excluding steroid dienone is 1. The second-order valence-corrected chi connectivity index (χ2v) is 3.77. The molecule has 0 N–H and O–H groups in total. The van der Waals surface area contributed by atoms with Crippen LogP contribution in [0, 0.1) is 16.0 Å². The second kappa shape index (κ2) is 5.21. The Morgan fingerprint density at radius 3 is 2.62 bits per heavy atom. The normalized spacial score (nSPS) is 11.6. The van der Waals surface area contributed by atoms with Gasteiger partial charge in [-0.1, -0.05) is 26.0 Å². The van der Waals surface area contributed by atoms with E-state index < -0.39 is 4.92 Å². The summed E-state index contributed by atoms with van der Waals surface area (Å²) in [5.41, 5.74) is 1.33. The van der Waals surface area contributed by atoms with Crippen LogP contribution in [0.4, 0.5) is 5.69 Å². The molecule has 0 fully saturated rings. The number of benzene rings is 1. The summed E-state index contributed by atoms with van der Waals surface area (Å²) in [7, 11) is 0. The van der Waals surface area contributed by atoms with Crippen molar-refractivity contribution in [1.29, 1.82) is 0 Å². The first kappa shape index (κ1) is 12.1. The molecule has 0 saturated heterocycles. The largest absolute Gasteiger partial charge is 0.298 e. The Balaban J connectivity index is 3.09. The number of hydrogen-bond acceptors (Lipinski definition) is 3. The van der Waals surface area contributed by atoms with Gasteiger partial charge in [0.2, 0.25) is 0 Å². The molecule has 16 heavy (non-hydrogen) atoms. The summed E-state index contributed by atoms with van der Waals surface area (Å²) in [6.07, 6.45) is 2.45. The number of nitro groups is 1. The molecule has 0 radical (unpaired) electrons. The van der Waals surface area contributed by atoms with Crippen LogP contribution in [0.3, 0.4) is 0 Å². The van der Waals surface area contributed by atoms with Gasteiger partial charge in [0.15, 0.2) is 0 Å². The Hall–Kier alpha value is -1.97. The minimum absolute atomic E-state index is 0.0303. The lowest BCUT2D eigenvalue weighted by Crippen LogP contribution is -1.95. The van der Waals surface area contributed by atoms with E-state index in [0.717, 1.165) is 6.29 Å². The number of non-ortho nitro benzene ring substituents is 1. The maximum atomic E-state index is 10.8. The van der Waals surface area contributed by atoms with Gasteiger partial charge in [0, 0.05) is 12.1 Å². The average molecular weight is 219 g/mol. The van der Waals surface area contributed by atoms with Gasteiger partial charge in [0.1, 0.15) is 6.29 Å². The van der Waals surface area contributed by atoms with Gasteiger partial charge < -0.3 is 0 Å². The Labute approximate surface area is 93.7 Å². The zero-order valence-corrected chi connectivity index (χ0v) is 9.21. The monoisotopic (exact) mass is 219 g/mol. The molecule has 0 aliphatic carbocycles. The van der Waals surface area contributed by atoms with Gasteiger partial charge in [-0.05, 0) is 23.1 Å². The first-order valence-corrected chi connectivity index (χ1v) is 4.96. The van der Waals surface area contributed by atoms with Crippen LogP contribution in [0.5, 0.6) is 0 Å². The number of carbonyl (C=O) groups excluding carboxylic acids is 1. The predicted molar refractivity (Wildman–Crippen MR) is 62.0 cm³/mol. The van der Waals surface area contributed by atoms with Crippen molar-refractivity contribution in [2.24, 2.45) is 5.92 Å². The summed E-state index contributed by atoms with van der Waals surface area (Å²) in [5, 5.41) is 10.6. The van der Waals surface area contributed by atoms with Crippen LogP contribution in [0.15, 0.2) is 29.8 Å². The summed E-state index contributed by atoms with van der Waals surface area (Å²) in [5.74, 6) is 0.108. The molecule has 0 aromatic heterocycles. The third-order valence-electron chi connectivity index (χ3n) is 2.22. The van der Waals surface area contributed by atoms with E-state index in [4.69, 9.17) is 0 Å². The van der Waals surface area contributed by atoms with E-state index in [9.17, 15) is 14.9 Å². The van der Waals surface area contributed by atoms with Crippen LogP contribution in [0.25, 0.3) is 6.08 Å². The summed E-state index contributed by atoms with van der Waals surface area (Å²) in [6.45, 7) is 3.80. The number of carbonyl (C=O) groups is 1. The van der Waals surface area contributed by atoms with Crippen LogP contribution in [-0.4, -0.2) is 11.2 Å². The lowest BCUT2D eigenvalue weighted by Gasteiger charge is -2.03. The Morgan fingerprint density at radius 1 is 1.44 bits per heavy atom. The number of nitrogens with zero attached hydrogens (tertiary/aromatic N) is 1. The number of rotatable bonds is 4. The molecule has 0 aliphatic rings. The summed E-state index contributed by atoms with van der Waals surface area (Å²) < 4.78 is 0. The molecular formula is C12H13NO3. The zero-order chi connectivity index (χ0) is 12.1. The molecule has 1 aromatic carbocycles. The third-order valence-corrected chi connectivity index (χ3v) is 2.22. The van der Waals surface area contributed by atoms with E-state index in [0.29, 0.717) is 11.1 Å². The van der Waals surface area contributed by atoms with E-state index >= 15 is 0 Å². The topological polar surface area (TPSA) is 60.2 Å². The summed E-state index contributed by atoms with van der Waals surface area (Å²) in [4.78, 5) is 20.9. The van der Waals surface area contributed by atoms with E-state index in [1.165, 1.54) is 12.1 Å².